The molecule has 0 saturated heterocycles. The molecule has 0 radical (unpaired) electrons. The van der Waals surface area contributed by atoms with Crippen LogP contribution in [0.5, 0.6) is 5.75 Å². The van der Waals surface area contributed by atoms with Crippen molar-refractivity contribution >= 4 is 29.8 Å². The van der Waals surface area contributed by atoms with Crippen LogP contribution in [0, 0.1) is 0 Å². The third-order valence-corrected chi connectivity index (χ3v) is 3.37. The normalized spacial score (nSPS) is 10.1. The number of hydrogen-bond donors (Lipinski definition) is 4. The summed E-state index contributed by atoms with van der Waals surface area (Å²) in [5, 5.41) is 37.0. The van der Waals surface area contributed by atoms with E-state index in [1.807, 2.05) is 0 Å². The van der Waals surface area contributed by atoms with Gasteiger partial charge in [-0.2, -0.15) is 0 Å². The number of carboxylic acids is 4. The summed E-state index contributed by atoms with van der Waals surface area (Å²) in [7, 11) is 0. The molecule has 138 valence electrons. The SMILES string of the molecule is O=C(O)c1cc(C(=O)Oc2ccccc2)c(C(=O)O)c(C(=O)O)c1C(=O)O. The Hall–Kier alpha value is -4.21. The predicted octanol–water partition coefficient (Wildman–Crippen LogP) is 1.70. The Balaban J connectivity index is 2.82. The number of para-hydroxylation sites is 1. The van der Waals surface area contributed by atoms with E-state index in [1.165, 1.54) is 24.3 Å². The Morgan fingerprint density at radius 2 is 1.11 bits per heavy atom. The molecule has 0 unspecified atom stereocenters. The first kappa shape index (κ1) is 19.1. The summed E-state index contributed by atoms with van der Waals surface area (Å²) in [6.07, 6.45) is 0. The van der Waals surface area contributed by atoms with Crippen molar-refractivity contribution < 1.29 is 49.1 Å². The zero-order chi connectivity index (χ0) is 20.3. The van der Waals surface area contributed by atoms with Crippen LogP contribution in [0.1, 0.15) is 51.8 Å². The van der Waals surface area contributed by atoms with Gasteiger partial charge in [0.15, 0.2) is 0 Å². The highest BCUT2D eigenvalue weighted by Gasteiger charge is 2.35. The molecule has 0 aromatic heterocycles. The maximum absolute atomic E-state index is 12.4. The largest absolute Gasteiger partial charge is 0.478 e. The number of benzene rings is 2. The number of carbonyl (C=O) groups is 5. The molecule has 0 atom stereocenters. The smallest absolute Gasteiger partial charge is 0.344 e. The first-order chi connectivity index (χ1) is 12.6. The van der Waals surface area contributed by atoms with Crippen LogP contribution in [0.25, 0.3) is 0 Å². The van der Waals surface area contributed by atoms with Gasteiger partial charge in [0.1, 0.15) is 5.75 Å². The lowest BCUT2D eigenvalue weighted by Crippen LogP contribution is -2.24. The van der Waals surface area contributed by atoms with E-state index in [4.69, 9.17) is 4.74 Å². The zero-order valence-corrected chi connectivity index (χ0v) is 13.2. The maximum atomic E-state index is 12.4. The van der Waals surface area contributed by atoms with Gasteiger partial charge in [-0.05, 0) is 18.2 Å². The summed E-state index contributed by atoms with van der Waals surface area (Å²) in [4.78, 5) is 58.1. The van der Waals surface area contributed by atoms with Gasteiger partial charge < -0.3 is 25.2 Å². The van der Waals surface area contributed by atoms with E-state index in [1.54, 1.807) is 6.07 Å². The average Bonchev–Trinajstić information content (AvgIpc) is 2.60. The molecule has 0 fully saturated rings. The third-order valence-electron chi connectivity index (χ3n) is 3.37. The molecule has 0 aliphatic carbocycles. The van der Waals surface area contributed by atoms with E-state index in [-0.39, 0.29) is 5.75 Å². The summed E-state index contributed by atoms with van der Waals surface area (Å²) in [6.45, 7) is 0. The zero-order valence-electron chi connectivity index (χ0n) is 13.2. The molecule has 2 aromatic carbocycles. The Morgan fingerprint density at radius 1 is 0.630 bits per heavy atom. The van der Waals surface area contributed by atoms with E-state index in [9.17, 15) is 44.4 Å². The lowest BCUT2D eigenvalue weighted by Gasteiger charge is -2.14. The Labute approximate surface area is 149 Å². The van der Waals surface area contributed by atoms with Crippen LogP contribution in [-0.2, 0) is 0 Å². The fraction of sp³-hybridized carbons (Fsp3) is 0. The van der Waals surface area contributed by atoms with E-state index < -0.39 is 57.7 Å². The summed E-state index contributed by atoms with van der Waals surface area (Å²) in [5.74, 6) is -9.18. The molecule has 0 heterocycles. The Morgan fingerprint density at radius 3 is 1.56 bits per heavy atom. The summed E-state index contributed by atoms with van der Waals surface area (Å²) in [6, 6.07) is 7.76. The molecule has 10 heteroatoms. The van der Waals surface area contributed by atoms with Gasteiger partial charge in [0.25, 0.3) is 0 Å². The summed E-state index contributed by atoms with van der Waals surface area (Å²) < 4.78 is 4.93. The minimum Gasteiger partial charge on any atom is -0.478 e. The van der Waals surface area contributed by atoms with E-state index in [0.717, 1.165) is 0 Å². The van der Waals surface area contributed by atoms with Crippen LogP contribution in [-0.4, -0.2) is 50.3 Å². The quantitative estimate of drug-likeness (QED) is 0.430. The monoisotopic (exact) mass is 374 g/mol. The highest BCUT2D eigenvalue weighted by Crippen LogP contribution is 2.26. The predicted molar refractivity (Wildman–Crippen MR) is 85.7 cm³/mol. The van der Waals surface area contributed by atoms with Crippen molar-refractivity contribution in [3.05, 3.63) is 64.2 Å². The number of aromatic carboxylic acids is 4. The van der Waals surface area contributed by atoms with Gasteiger partial charge in [-0.1, -0.05) is 18.2 Å². The molecular weight excluding hydrogens is 364 g/mol. The number of esters is 1. The van der Waals surface area contributed by atoms with Gasteiger partial charge >= 0.3 is 29.8 Å². The highest BCUT2D eigenvalue weighted by atomic mass is 16.5. The molecule has 10 nitrogen and oxygen atoms in total. The van der Waals surface area contributed by atoms with Crippen LogP contribution in [0.15, 0.2) is 36.4 Å². The topological polar surface area (TPSA) is 175 Å². The number of carboxylic acid groups (broad SMARTS) is 4. The van der Waals surface area contributed by atoms with Crippen LogP contribution < -0.4 is 4.74 Å². The maximum Gasteiger partial charge on any atom is 0.344 e. The minimum atomic E-state index is -2.03. The fourth-order valence-electron chi connectivity index (χ4n) is 2.32. The molecular formula is C17H10O10. The summed E-state index contributed by atoms with van der Waals surface area (Å²) in [5.41, 5.74) is -5.76. The van der Waals surface area contributed by atoms with Crippen molar-refractivity contribution in [2.45, 2.75) is 0 Å². The van der Waals surface area contributed by atoms with E-state index in [2.05, 4.69) is 0 Å². The van der Waals surface area contributed by atoms with Gasteiger partial charge in [-0.3, -0.25) is 0 Å². The van der Waals surface area contributed by atoms with Crippen molar-refractivity contribution in [1.29, 1.82) is 0 Å². The summed E-state index contributed by atoms with van der Waals surface area (Å²) >= 11 is 0. The van der Waals surface area contributed by atoms with Crippen LogP contribution >= 0.6 is 0 Å². The Kier molecular flexibility index (Phi) is 5.21. The van der Waals surface area contributed by atoms with Crippen molar-refractivity contribution in [2.75, 3.05) is 0 Å². The number of rotatable bonds is 6. The molecule has 0 amide bonds. The van der Waals surface area contributed by atoms with Crippen LogP contribution in [0.3, 0.4) is 0 Å². The molecule has 0 saturated carbocycles. The van der Waals surface area contributed by atoms with Crippen molar-refractivity contribution in [3.63, 3.8) is 0 Å². The van der Waals surface area contributed by atoms with Crippen molar-refractivity contribution in [2.24, 2.45) is 0 Å². The van der Waals surface area contributed by atoms with E-state index in [0.29, 0.717) is 6.07 Å². The van der Waals surface area contributed by atoms with Gasteiger partial charge in [0, 0.05) is 0 Å². The second-order valence-electron chi connectivity index (χ2n) is 5.02. The number of carbonyl (C=O) groups excluding carboxylic acids is 1. The second kappa shape index (κ2) is 7.35. The second-order valence-corrected chi connectivity index (χ2v) is 5.02. The number of ether oxygens (including phenoxy) is 1. The standard InChI is InChI=1S/C17H10O10/c18-13(19)8-6-9(17(26)27-7-4-2-1-3-5-7)11(15(22)23)12(16(24)25)10(8)14(20)21/h1-6H,(H,18,19)(H,20,21)(H,22,23)(H,24,25). The molecule has 0 spiro atoms. The van der Waals surface area contributed by atoms with Crippen molar-refractivity contribution in [1.82, 2.24) is 0 Å². The van der Waals surface area contributed by atoms with Gasteiger partial charge in [-0.25, -0.2) is 24.0 Å². The molecule has 0 bridgehead atoms. The first-order valence-electron chi connectivity index (χ1n) is 7.06. The van der Waals surface area contributed by atoms with Gasteiger partial charge in [0.2, 0.25) is 0 Å². The lowest BCUT2D eigenvalue weighted by atomic mass is 9.91. The van der Waals surface area contributed by atoms with Crippen molar-refractivity contribution in [3.8, 4) is 5.75 Å². The number of hydrogen-bond acceptors (Lipinski definition) is 6. The molecule has 2 rings (SSSR count). The lowest BCUT2D eigenvalue weighted by molar-refractivity contribution is 0.0613. The van der Waals surface area contributed by atoms with Crippen LogP contribution in [0.4, 0.5) is 0 Å². The Bertz CT molecular complexity index is 975. The van der Waals surface area contributed by atoms with E-state index >= 15 is 0 Å². The fourth-order valence-corrected chi connectivity index (χ4v) is 2.32. The highest BCUT2D eigenvalue weighted by molar-refractivity contribution is 6.17. The molecule has 0 aliphatic rings. The molecule has 4 N–H and O–H groups in total. The first-order valence-corrected chi connectivity index (χ1v) is 7.06. The molecule has 2 aromatic rings. The molecule has 27 heavy (non-hydrogen) atoms. The van der Waals surface area contributed by atoms with Gasteiger partial charge in [0.05, 0.1) is 27.8 Å². The van der Waals surface area contributed by atoms with Gasteiger partial charge in [-0.15, -0.1) is 0 Å². The van der Waals surface area contributed by atoms with Crippen LogP contribution in [0.2, 0.25) is 0 Å². The minimum absolute atomic E-state index is 0.0186. The third kappa shape index (κ3) is 3.74. The average molecular weight is 374 g/mol. The molecule has 0 aliphatic heterocycles.